The maximum Gasteiger partial charge on any atom is 0.244 e. The molecule has 3 N–H and O–H groups in total. The molecule has 1 heterocycles. The summed E-state index contributed by atoms with van der Waals surface area (Å²) in [5, 5.41) is 4.46. The van der Waals surface area contributed by atoms with Crippen molar-refractivity contribution in [2.45, 2.75) is 19.0 Å². The molecular weight excluding hydrogens is 238 g/mol. The lowest BCUT2D eigenvalue weighted by molar-refractivity contribution is -0.134. The van der Waals surface area contributed by atoms with E-state index >= 15 is 0 Å². The van der Waals surface area contributed by atoms with Gasteiger partial charge in [-0.15, -0.1) is 11.3 Å². The van der Waals surface area contributed by atoms with Crippen LogP contribution in [0.3, 0.4) is 0 Å². The molecule has 2 atom stereocenters. The van der Waals surface area contributed by atoms with Gasteiger partial charge in [-0.2, -0.15) is 0 Å². The maximum atomic E-state index is 11.8. The highest BCUT2D eigenvalue weighted by Crippen LogP contribution is 2.16. The van der Waals surface area contributed by atoms with E-state index in [0.717, 1.165) is 4.88 Å². The maximum absolute atomic E-state index is 11.8. The number of nitrogens with one attached hydrogen (secondary N) is 1. The molecule has 0 saturated heterocycles. The molecule has 5 nitrogen and oxygen atoms in total. The smallest absolute Gasteiger partial charge is 0.244 e. The third-order valence-corrected chi connectivity index (χ3v) is 3.26. The molecule has 0 bridgehead atoms. The molecule has 0 saturated carbocycles. The first-order valence-electron chi connectivity index (χ1n) is 5.24. The quantitative estimate of drug-likeness (QED) is 0.814. The topological polar surface area (TPSA) is 75.4 Å². The Morgan fingerprint density at radius 3 is 2.59 bits per heavy atom. The van der Waals surface area contributed by atoms with Crippen molar-refractivity contribution in [3.05, 3.63) is 22.4 Å². The number of hydrogen-bond donors (Lipinski definition) is 2. The number of nitrogens with zero attached hydrogens (tertiary/aromatic N) is 1. The number of likely N-dealkylation sites (N-methyl/N-ethyl adjacent to an activating group) is 1. The summed E-state index contributed by atoms with van der Waals surface area (Å²) in [6.45, 7) is 1.64. The van der Waals surface area contributed by atoms with E-state index in [9.17, 15) is 9.59 Å². The van der Waals surface area contributed by atoms with Crippen LogP contribution in [0.15, 0.2) is 17.5 Å². The van der Waals surface area contributed by atoms with E-state index in [1.807, 2.05) is 11.4 Å². The zero-order chi connectivity index (χ0) is 13.0. The Kier molecular flexibility index (Phi) is 4.65. The lowest BCUT2D eigenvalue weighted by atomic mass is 10.2. The zero-order valence-corrected chi connectivity index (χ0v) is 11.0. The zero-order valence-electron chi connectivity index (χ0n) is 10.1. The van der Waals surface area contributed by atoms with Gasteiger partial charge in [-0.1, -0.05) is 6.07 Å². The van der Waals surface area contributed by atoms with Gasteiger partial charge in [0, 0.05) is 19.0 Å². The van der Waals surface area contributed by atoms with Gasteiger partial charge in [0.15, 0.2) is 0 Å². The van der Waals surface area contributed by atoms with Crippen molar-refractivity contribution in [1.29, 1.82) is 0 Å². The number of amides is 2. The first-order valence-corrected chi connectivity index (χ1v) is 6.12. The number of carbonyl (C=O) groups is 2. The van der Waals surface area contributed by atoms with Crippen molar-refractivity contribution in [3.8, 4) is 0 Å². The second kappa shape index (κ2) is 5.79. The highest BCUT2D eigenvalue weighted by molar-refractivity contribution is 7.10. The fourth-order valence-corrected chi connectivity index (χ4v) is 2.07. The van der Waals surface area contributed by atoms with E-state index in [0.29, 0.717) is 0 Å². The largest absolute Gasteiger partial charge is 0.347 e. The molecule has 0 radical (unpaired) electrons. The Morgan fingerprint density at radius 2 is 2.12 bits per heavy atom. The molecule has 0 aliphatic rings. The average Bonchev–Trinajstić information content (AvgIpc) is 2.79. The molecule has 1 aromatic rings. The Balaban J connectivity index is 2.58. The SMILES string of the molecule is CC(NC(=O)C(N)c1cccs1)C(=O)N(C)C. The third kappa shape index (κ3) is 3.54. The van der Waals surface area contributed by atoms with Crippen LogP contribution in [0.1, 0.15) is 17.8 Å². The van der Waals surface area contributed by atoms with Crippen molar-refractivity contribution in [1.82, 2.24) is 10.2 Å². The third-order valence-electron chi connectivity index (χ3n) is 2.30. The van der Waals surface area contributed by atoms with Crippen molar-refractivity contribution in [2.75, 3.05) is 14.1 Å². The van der Waals surface area contributed by atoms with Crippen LogP contribution in [-0.2, 0) is 9.59 Å². The van der Waals surface area contributed by atoms with Crippen molar-refractivity contribution < 1.29 is 9.59 Å². The molecule has 0 fully saturated rings. The number of rotatable bonds is 4. The molecule has 1 rings (SSSR count). The molecule has 1 aromatic heterocycles. The summed E-state index contributed by atoms with van der Waals surface area (Å²) in [6.07, 6.45) is 0. The average molecular weight is 255 g/mol. The van der Waals surface area contributed by atoms with E-state index < -0.39 is 12.1 Å². The van der Waals surface area contributed by atoms with Gasteiger partial charge in [-0.05, 0) is 18.4 Å². The Hall–Kier alpha value is -1.40. The van der Waals surface area contributed by atoms with Gasteiger partial charge in [0.25, 0.3) is 0 Å². The molecule has 0 aliphatic carbocycles. The van der Waals surface area contributed by atoms with Crippen LogP contribution in [0.25, 0.3) is 0 Å². The molecular formula is C11H17N3O2S. The fourth-order valence-electron chi connectivity index (χ4n) is 1.35. The summed E-state index contributed by atoms with van der Waals surface area (Å²) in [6, 6.07) is 2.35. The Morgan fingerprint density at radius 1 is 1.47 bits per heavy atom. The normalized spacial score (nSPS) is 13.9. The summed E-state index contributed by atoms with van der Waals surface area (Å²) in [7, 11) is 3.29. The number of nitrogens with two attached hydrogens (primary N) is 1. The standard InChI is InChI=1S/C11H17N3O2S/c1-7(11(16)14(2)3)13-10(15)9(12)8-5-4-6-17-8/h4-7,9H,12H2,1-3H3,(H,13,15). The van der Waals surface area contributed by atoms with E-state index in [1.165, 1.54) is 16.2 Å². The molecule has 6 heteroatoms. The molecule has 0 aromatic carbocycles. The first kappa shape index (κ1) is 13.7. The van der Waals surface area contributed by atoms with Gasteiger partial charge in [0.1, 0.15) is 12.1 Å². The van der Waals surface area contributed by atoms with Gasteiger partial charge in [0.05, 0.1) is 0 Å². The van der Waals surface area contributed by atoms with Gasteiger partial charge >= 0.3 is 0 Å². The number of thiophene rings is 1. The molecule has 0 spiro atoms. The van der Waals surface area contributed by atoms with Crippen LogP contribution in [0.4, 0.5) is 0 Å². The first-order chi connectivity index (χ1) is 7.93. The Bertz CT molecular complexity index is 389. The lowest BCUT2D eigenvalue weighted by Crippen LogP contribution is -2.47. The molecule has 2 unspecified atom stereocenters. The van der Waals surface area contributed by atoms with E-state index in [4.69, 9.17) is 5.73 Å². The van der Waals surface area contributed by atoms with E-state index in [1.54, 1.807) is 27.1 Å². The second-order valence-corrected chi connectivity index (χ2v) is 4.94. The van der Waals surface area contributed by atoms with Crippen LogP contribution >= 0.6 is 11.3 Å². The molecule has 0 aliphatic heterocycles. The fraction of sp³-hybridized carbons (Fsp3) is 0.455. The van der Waals surface area contributed by atoms with Gasteiger partial charge < -0.3 is 16.0 Å². The van der Waals surface area contributed by atoms with E-state index in [2.05, 4.69) is 5.32 Å². The van der Waals surface area contributed by atoms with Gasteiger partial charge in [-0.3, -0.25) is 9.59 Å². The van der Waals surface area contributed by atoms with Crippen LogP contribution in [0.5, 0.6) is 0 Å². The summed E-state index contributed by atoms with van der Waals surface area (Å²) in [5.41, 5.74) is 5.78. The van der Waals surface area contributed by atoms with Crippen molar-refractivity contribution in [2.24, 2.45) is 5.73 Å². The van der Waals surface area contributed by atoms with Crippen LogP contribution in [-0.4, -0.2) is 36.9 Å². The summed E-state index contributed by atoms with van der Waals surface area (Å²) < 4.78 is 0. The van der Waals surface area contributed by atoms with Crippen molar-refractivity contribution >= 4 is 23.2 Å². The number of hydrogen-bond acceptors (Lipinski definition) is 4. The molecule has 2 amide bonds. The minimum Gasteiger partial charge on any atom is -0.347 e. The second-order valence-electron chi connectivity index (χ2n) is 3.96. The molecule has 17 heavy (non-hydrogen) atoms. The highest BCUT2D eigenvalue weighted by Gasteiger charge is 2.22. The summed E-state index contributed by atoms with van der Waals surface area (Å²) in [5.74, 6) is -0.494. The van der Waals surface area contributed by atoms with Crippen LogP contribution < -0.4 is 11.1 Å². The predicted molar refractivity (Wildman–Crippen MR) is 67.5 cm³/mol. The van der Waals surface area contributed by atoms with E-state index in [-0.39, 0.29) is 11.8 Å². The minimum atomic E-state index is -0.715. The van der Waals surface area contributed by atoms with Crippen molar-refractivity contribution in [3.63, 3.8) is 0 Å². The van der Waals surface area contributed by atoms with Crippen LogP contribution in [0, 0.1) is 0 Å². The summed E-state index contributed by atoms with van der Waals surface area (Å²) in [4.78, 5) is 25.6. The minimum absolute atomic E-state index is 0.156. The number of carbonyl (C=O) groups excluding carboxylic acids is 2. The molecule has 94 valence electrons. The lowest BCUT2D eigenvalue weighted by Gasteiger charge is -2.19. The van der Waals surface area contributed by atoms with Gasteiger partial charge in [-0.25, -0.2) is 0 Å². The monoisotopic (exact) mass is 255 g/mol. The Labute approximate surface area is 105 Å². The van der Waals surface area contributed by atoms with Gasteiger partial charge in [0.2, 0.25) is 11.8 Å². The highest BCUT2D eigenvalue weighted by atomic mass is 32.1. The summed E-state index contributed by atoms with van der Waals surface area (Å²) >= 11 is 1.42. The predicted octanol–water partition coefficient (Wildman–Crippen LogP) is 0.341. The van der Waals surface area contributed by atoms with Crippen LogP contribution in [0.2, 0.25) is 0 Å².